The van der Waals surface area contributed by atoms with Crippen molar-refractivity contribution in [1.29, 1.82) is 0 Å². The molecule has 0 fully saturated rings. The van der Waals surface area contributed by atoms with E-state index in [4.69, 9.17) is 0 Å². The van der Waals surface area contributed by atoms with Crippen LogP contribution in [0.5, 0.6) is 0 Å². The summed E-state index contributed by atoms with van der Waals surface area (Å²) in [6.45, 7) is 0.310. The molecule has 0 unspecified atom stereocenters. The second kappa shape index (κ2) is 6.92. The van der Waals surface area contributed by atoms with E-state index < -0.39 is 17.5 Å². The minimum absolute atomic E-state index is 0.171. The quantitative estimate of drug-likeness (QED) is 0.769. The molecule has 0 saturated heterocycles. The summed E-state index contributed by atoms with van der Waals surface area (Å²) >= 11 is 1.61. The van der Waals surface area contributed by atoms with Crippen molar-refractivity contribution < 1.29 is 13.6 Å². The highest BCUT2D eigenvalue weighted by atomic mass is 32.1. The van der Waals surface area contributed by atoms with Crippen molar-refractivity contribution in [2.45, 2.75) is 6.42 Å². The van der Waals surface area contributed by atoms with Gasteiger partial charge in [-0.05, 0) is 23.6 Å². The van der Waals surface area contributed by atoms with E-state index in [2.05, 4.69) is 10.3 Å². The van der Waals surface area contributed by atoms with Crippen LogP contribution >= 0.6 is 11.3 Å². The second-order valence-corrected chi connectivity index (χ2v) is 6.21. The van der Waals surface area contributed by atoms with Crippen molar-refractivity contribution in [2.24, 2.45) is 7.05 Å². The van der Waals surface area contributed by atoms with Crippen LogP contribution in [0.1, 0.15) is 16.2 Å². The van der Waals surface area contributed by atoms with Crippen molar-refractivity contribution in [3.63, 3.8) is 0 Å². The fourth-order valence-corrected chi connectivity index (χ4v) is 3.02. The second-order valence-electron chi connectivity index (χ2n) is 5.26. The van der Waals surface area contributed by atoms with Gasteiger partial charge in [-0.3, -0.25) is 4.79 Å². The topological polar surface area (TPSA) is 46.9 Å². The molecule has 4 nitrogen and oxygen atoms in total. The van der Waals surface area contributed by atoms with Crippen LogP contribution in [0.4, 0.5) is 8.78 Å². The van der Waals surface area contributed by atoms with E-state index in [1.54, 1.807) is 11.3 Å². The zero-order valence-electron chi connectivity index (χ0n) is 12.9. The third-order valence-electron chi connectivity index (χ3n) is 3.56. The number of hydrogen-bond acceptors (Lipinski definition) is 3. The number of amides is 1. The maximum absolute atomic E-state index is 13.6. The molecule has 0 bridgehead atoms. The van der Waals surface area contributed by atoms with Crippen LogP contribution in [0.15, 0.2) is 41.9 Å². The van der Waals surface area contributed by atoms with E-state index in [1.807, 2.05) is 35.3 Å². The summed E-state index contributed by atoms with van der Waals surface area (Å²) < 4.78 is 28.3. The van der Waals surface area contributed by atoms with Gasteiger partial charge in [-0.1, -0.05) is 6.07 Å². The molecule has 0 aliphatic carbocycles. The van der Waals surface area contributed by atoms with Gasteiger partial charge in [-0.25, -0.2) is 13.8 Å². The normalized spacial score (nSPS) is 10.8. The van der Waals surface area contributed by atoms with Crippen molar-refractivity contribution in [1.82, 2.24) is 14.9 Å². The Morgan fingerprint density at radius 3 is 2.88 bits per heavy atom. The Morgan fingerprint density at radius 1 is 1.33 bits per heavy atom. The van der Waals surface area contributed by atoms with Gasteiger partial charge in [-0.2, -0.15) is 0 Å². The molecule has 0 radical (unpaired) electrons. The first-order valence-corrected chi connectivity index (χ1v) is 8.22. The molecule has 2 aromatic heterocycles. The van der Waals surface area contributed by atoms with E-state index >= 15 is 0 Å². The Kier molecular flexibility index (Phi) is 4.71. The first-order valence-electron chi connectivity index (χ1n) is 7.34. The molecule has 0 aliphatic rings. The molecule has 24 heavy (non-hydrogen) atoms. The predicted octanol–water partition coefficient (Wildman–Crippen LogP) is 3.40. The number of nitrogens with zero attached hydrogens (tertiary/aromatic N) is 2. The molecular formula is C17H15F2N3OS. The molecule has 124 valence electrons. The van der Waals surface area contributed by atoms with Gasteiger partial charge in [-0.15, -0.1) is 11.3 Å². The highest BCUT2D eigenvalue weighted by Gasteiger charge is 2.13. The monoisotopic (exact) mass is 347 g/mol. The third-order valence-corrected chi connectivity index (χ3v) is 4.45. The van der Waals surface area contributed by atoms with Gasteiger partial charge in [0, 0.05) is 32.3 Å². The summed E-state index contributed by atoms with van der Waals surface area (Å²) in [6, 6.07) is 6.85. The van der Waals surface area contributed by atoms with Gasteiger partial charge < -0.3 is 9.88 Å². The van der Waals surface area contributed by atoms with Crippen LogP contribution in [-0.2, 0) is 13.5 Å². The van der Waals surface area contributed by atoms with E-state index in [1.165, 1.54) is 0 Å². The van der Waals surface area contributed by atoms with Crippen molar-refractivity contribution >= 4 is 17.2 Å². The van der Waals surface area contributed by atoms with Crippen LogP contribution in [0, 0.1) is 11.6 Å². The number of halogens is 2. The number of imidazole rings is 1. The van der Waals surface area contributed by atoms with Crippen molar-refractivity contribution in [3.05, 3.63) is 64.9 Å². The number of aryl methyl sites for hydroxylation is 1. The highest BCUT2D eigenvalue weighted by molar-refractivity contribution is 7.13. The number of nitrogens with one attached hydrogen (secondary N) is 1. The van der Waals surface area contributed by atoms with Crippen LogP contribution in [0.2, 0.25) is 0 Å². The Bertz CT molecular complexity index is 859. The number of thiophene rings is 1. The van der Waals surface area contributed by atoms with Crippen LogP contribution < -0.4 is 5.32 Å². The first-order chi connectivity index (χ1) is 11.5. The highest BCUT2D eigenvalue weighted by Crippen LogP contribution is 2.23. The van der Waals surface area contributed by atoms with E-state index in [9.17, 15) is 13.6 Å². The van der Waals surface area contributed by atoms with Crippen LogP contribution in [0.25, 0.3) is 10.6 Å². The Morgan fingerprint density at radius 2 is 2.17 bits per heavy atom. The number of carbonyl (C=O) groups excluding carboxylic acids is 1. The predicted molar refractivity (Wildman–Crippen MR) is 88.9 cm³/mol. The fraction of sp³-hybridized carbons (Fsp3) is 0.176. The number of benzene rings is 1. The number of aromatic nitrogens is 2. The smallest absolute Gasteiger partial charge is 0.254 e. The minimum Gasteiger partial charge on any atom is -0.351 e. The third kappa shape index (κ3) is 3.51. The fourth-order valence-electron chi connectivity index (χ4n) is 2.34. The average Bonchev–Trinajstić information content (AvgIpc) is 3.17. The molecule has 1 amide bonds. The molecule has 0 aliphatic heterocycles. The van der Waals surface area contributed by atoms with E-state index in [0.29, 0.717) is 19.0 Å². The molecule has 1 aromatic carbocycles. The molecule has 0 saturated carbocycles. The first kappa shape index (κ1) is 16.3. The lowest BCUT2D eigenvalue weighted by atomic mass is 10.2. The van der Waals surface area contributed by atoms with E-state index in [-0.39, 0.29) is 5.56 Å². The maximum atomic E-state index is 13.6. The van der Waals surface area contributed by atoms with Crippen molar-refractivity contribution in [2.75, 3.05) is 6.54 Å². The van der Waals surface area contributed by atoms with Gasteiger partial charge in [0.05, 0.1) is 16.1 Å². The Hall–Kier alpha value is -2.54. The molecule has 0 spiro atoms. The standard InChI is InChI=1S/C17H15F2N3OS/c1-22-10-14(15-3-2-8-24-15)21-16(22)6-7-20-17(23)12-5-4-11(18)9-13(12)19/h2-5,8-10H,6-7H2,1H3,(H,20,23). The average molecular weight is 347 g/mol. The van der Waals surface area contributed by atoms with E-state index in [0.717, 1.165) is 28.5 Å². The summed E-state index contributed by atoms with van der Waals surface area (Å²) in [5, 5.41) is 4.61. The number of rotatable bonds is 5. The zero-order chi connectivity index (χ0) is 17.1. The molecule has 3 rings (SSSR count). The summed E-state index contributed by atoms with van der Waals surface area (Å²) in [7, 11) is 1.89. The van der Waals surface area contributed by atoms with Gasteiger partial charge in [0.25, 0.3) is 5.91 Å². The van der Waals surface area contributed by atoms with Gasteiger partial charge >= 0.3 is 0 Å². The van der Waals surface area contributed by atoms with Gasteiger partial charge in [0.15, 0.2) is 0 Å². The Labute approximate surface area is 141 Å². The molecule has 3 aromatic rings. The molecule has 7 heteroatoms. The Balaban J connectivity index is 1.61. The molecule has 0 atom stereocenters. The molecule has 2 heterocycles. The van der Waals surface area contributed by atoms with Crippen LogP contribution in [0.3, 0.4) is 0 Å². The lowest BCUT2D eigenvalue weighted by Gasteiger charge is -2.06. The van der Waals surface area contributed by atoms with Gasteiger partial charge in [0.2, 0.25) is 0 Å². The van der Waals surface area contributed by atoms with Crippen molar-refractivity contribution in [3.8, 4) is 10.6 Å². The summed E-state index contributed by atoms with van der Waals surface area (Å²) in [4.78, 5) is 17.6. The number of carbonyl (C=O) groups is 1. The molecule has 1 N–H and O–H groups in total. The largest absolute Gasteiger partial charge is 0.351 e. The molecular weight excluding hydrogens is 332 g/mol. The minimum atomic E-state index is -0.871. The van der Waals surface area contributed by atoms with Gasteiger partial charge in [0.1, 0.15) is 17.5 Å². The summed E-state index contributed by atoms with van der Waals surface area (Å²) in [5.41, 5.74) is 0.717. The summed E-state index contributed by atoms with van der Waals surface area (Å²) in [5.74, 6) is -1.33. The lowest BCUT2D eigenvalue weighted by Crippen LogP contribution is -2.27. The maximum Gasteiger partial charge on any atom is 0.254 e. The summed E-state index contributed by atoms with van der Waals surface area (Å²) in [6.07, 6.45) is 2.44. The van der Waals surface area contributed by atoms with Crippen LogP contribution in [-0.4, -0.2) is 22.0 Å². The number of hydrogen-bond donors (Lipinski definition) is 1. The zero-order valence-corrected chi connectivity index (χ0v) is 13.7. The lowest BCUT2D eigenvalue weighted by molar-refractivity contribution is 0.0950. The SMILES string of the molecule is Cn1cc(-c2cccs2)nc1CCNC(=O)c1ccc(F)cc1F.